The Kier molecular flexibility index (Phi) is 6.45. The SMILES string of the molecule is CC1(C)CCN(S(=O)(=O)c2cc(C(=O)Nc3ccc(F)c(F)c3)ccc2F)CCC1O. The number of rotatable bonds is 4. The van der Waals surface area contributed by atoms with Crippen LogP contribution in [0.4, 0.5) is 18.9 Å². The molecule has 1 unspecified atom stereocenters. The topological polar surface area (TPSA) is 86.7 Å². The molecule has 0 bridgehead atoms. The van der Waals surface area contributed by atoms with Crippen molar-refractivity contribution in [3.05, 3.63) is 59.4 Å². The summed E-state index contributed by atoms with van der Waals surface area (Å²) in [6, 6.07) is 5.62. The van der Waals surface area contributed by atoms with Crippen molar-refractivity contribution in [1.29, 1.82) is 0 Å². The minimum absolute atomic E-state index is 0.0116. The molecule has 31 heavy (non-hydrogen) atoms. The molecule has 0 radical (unpaired) electrons. The maximum absolute atomic E-state index is 14.5. The number of sulfonamides is 1. The molecule has 0 aliphatic carbocycles. The smallest absolute Gasteiger partial charge is 0.255 e. The minimum atomic E-state index is -4.27. The van der Waals surface area contributed by atoms with Gasteiger partial charge in [-0.05, 0) is 48.6 Å². The van der Waals surface area contributed by atoms with Gasteiger partial charge in [0.15, 0.2) is 11.6 Å². The van der Waals surface area contributed by atoms with Crippen LogP contribution in [0.25, 0.3) is 0 Å². The van der Waals surface area contributed by atoms with E-state index >= 15 is 0 Å². The first-order valence-corrected chi connectivity index (χ1v) is 11.1. The number of amides is 1. The van der Waals surface area contributed by atoms with Crippen LogP contribution in [-0.2, 0) is 10.0 Å². The molecule has 2 aromatic rings. The van der Waals surface area contributed by atoms with E-state index in [1.54, 1.807) is 0 Å². The Hall–Kier alpha value is -2.43. The van der Waals surface area contributed by atoms with E-state index in [0.29, 0.717) is 6.42 Å². The summed E-state index contributed by atoms with van der Waals surface area (Å²) >= 11 is 0. The monoisotopic (exact) mass is 456 g/mol. The summed E-state index contributed by atoms with van der Waals surface area (Å²) < 4.78 is 68.1. The molecule has 1 atom stereocenters. The van der Waals surface area contributed by atoms with Gasteiger partial charge in [-0.15, -0.1) is 0 Å². The van der Waals surface area contributed by atoms with Crippen LogP contribution >= 0.6 is 0 Å². The van der Waals surface area contributed by atoms with Gasteiger partial charge in [-0.3, -0.25) is 4.79 Å². The summed E-state index contributed by atoms with van der Waals surface area (Å²) in [6.45, 7) is 3.77. The fourth-order valence-electron chi connectivity index (χ4n) is 3.35. The fraction of sp³-hybridized carbons (Fsp3) is 0.381. The Bertz CT molecular complexity index is 1110. The van der Waals surface area contributed by atoms with Gasteiger partial charge in [0.1, 0.15) is 10.7 Å². The second-order valence-corrected chi connectivity index (χ2v) is 10.1. The number of carbonyl (C=O) groups is 1. The average Bonchev–Trinajstić information content (AvgIpc) is 2.83. The van der Waals surface area contributed by atoms with Gasteiger partial charge in [0.05, 0.1) is 6.10 Å². The van der Waals surface area contributed by atoms with Crippen LogP contribution in [0.5, 0.6) is 0 Å². The van der Waals surface area contributed by atoms with E-state index in [4.69, 9.17) is 0 Å². The van der Waals surface area contributed by atoms with Gasteiger partial charge in [0.25, 0.3) is 5.91 Å². The molecule has 2 aromatic carbocycles. The number of carbonyl (C=O) groups excluding carboxylic acids is 1. The van der Waals surface area contributed by atoms with E-state index < -0.39 is 49.8 Å². The summed E-state index contributed by atoms with van der Waals surface area (Å²) in [5.74, 6) is -4.08. The Balaban J connectivity index is 1.87. The summed E-state index contributed by atoms with van der Waals surface area (Å²) in [5.41, 5.74) is -0.698. The van der Waals surface area contributed by atoms with E-state index in [-0.39, 0.29) is 30.8 Å². The van der Waals surface area contributed by atoms with Gasteiger partial charge in [-0.1, -0.05) is 13.8 Å². The number of benzene rings is 2. The van der Waals surface area contributed by atoms with Gasteiger partial charge < -0.3 is 10.4 Å². The average molecular weight is 456 g/mol. The Labute approximate surface area is 178 Å². The molecule has 3 rings (SSSR count). The third-order valence-corrected chi connectivity index (χ3v) is 7.46. The fourth-order valence-corrected chi connectivity index (χ4v) is 4.89. The third kappa shape index (κ3) is 4.91. The number of aliphatic hydroxyl groups is 1. The first-order chi connectivity index (χ1) is 14.4. The first kappa shape index (κ1) is 23.2. The second-order valence-electron chi connectivity index (χ2n) is 8.18. The summed E-state index contributed by atoms with van der Waals surface area (Å²) in [7, 11) is -4.27. The molecule has 1 fully saturated rings. The number of anilines is 1. The lowest BCUT2D eigenvalue weighted by Gasteiger charge is -2.27. The molecule has 10 heteroatoms. The Morgan fingerprint density at radius 3 is 2.42 bits per heavy atom. The van der Waals surface area contributed by atoms with Crippen LogP contribution in [0.15, 0.2) is 41.3 Å². The van der Waals surface area contributed by atoms with Crippen LogP contribution < -0.4 is 5.32 Å². The van der Waals surface area contributed by atoms with Crippen molar-refractivity contribution in [3.63, 3.8) is 0 Å². The predicted octanol–water partition coefficient (Wildman–Crippen LogP) is 3.53. The maximum Gasteiger partial charge on any atom is 0.255 e. The molecular formula is C21H23F3N2O4S. The number of nitrogens with zero attached hydrogens (tertiary/aromatic N) is 1. The zero-order valence-electron chi connectivity index (χ0n) is 17.0. The highest BCUT2D eigenvalue weighted by Gasteiger charge is 2.36. The molecule has 0 spiro atoms. The second kappa shape index (κ2) is 8.60. The molecule has 1 heterocycles. The van der Waals surface area contributed by atoms with E-state index in [9.17, 15) is 31.5 Å². The first-order valence-electron chi connectivity index (χ1n) is 9.66. The van der Waals surface area contributed by atoms with Crippen molar-refractivity contribution in [1.82, 2.24) is 4.31 Å². The zero-order chi connectivity index (χ0) is 23.0. The molecule has 1 aliphatic heterocycles. The van der Waals surface area contributed by atoms with E-state index in [0.717, 1.165) is 40.7 Å². The summed E-state index contributed by atoms with van der Waals surface area (Å²) in [6.07, 6.45) is -0.124. The molecule has 1 aliphatic rings. The molecule has 0 saturated carbocycles. The molecule has 6 nitrogen and oxygen atoms in total. The van der Waals surface area contributed by atoms with Crippen molar-refractivity contribution in [3.8, 4) is 0 Å². The van der Waals surface area contributed by atoms with Crippen molar-refractivity contribution in [2.45, 2.75) is 37.7 Å². The lowest BCUT2D eigenvalue weighted by molar-refractivity contribution is 0.0483. The van der Waals surface area contributed by atoms with Crippen LogP contribution in [0.1, 0.15) is 37.0 Å². The van der Waals surface area contributed by atoms with Crippen LogP contribution in [0.3, 0.4) is 0 Å². The number of halogens is 3. The van der Waals surface area contributed by atoms with Crippen LogP contribution in [0, 0.1) is 22.9 Å². The largest absolute Gasteiger partial charge is 0.393 e. The normalized spacial score (nSPS) is 19.6. The highest BCUT2D eigenvalue weighted by Crippen LogP contribution is 2.33. The van der Waals surface area contributed by atoms with Crippen LogP contribution in [0.2, 0.25) is 0 Å². The minimum Gasteiger partial charge on any atom is -0.393 e. The Morgan fingerprint density at radius 1 is 1.06 bits per heavy atom. The van der Waals surface area contributed by atoms with Crippen LogP contribution in [-0.4, -0.2) is 42.9 Å². The standard InChI is InChI=1S/C21H23F3N2O4S/c1-21(2)8-10-26(9-7-19(21)27)31(29,30)18-11-13(3-5-16(18)23)20(28)25-14-4-6-15(22)17(24)12-14/h3-6,11-12,19,27H,7-10H2,1-2H3,(H,25,28). The molecule has 2 N–H and O–H groups in total. The van der Waals surface area contributed by atoms with E-state index in [2.05, 4.69) is 5.32 Å². The van der Waals surface area contributed by atoms with Crippen molar-refractivity contribution < 1.29 is 31.5 Å². The number of nitrogens with one attached hydrogen (secondary N) is 1. The molecule has 1 amide bonds. The Morgan fingerprint density at radius 2 is 1.74 bits per heavy atom. The number of hydrogen-bond donors (Lipinski definition) is 2. The van der Waals surface area contributed by atoms with E-state index in [1.807, 2.05) is 13.8 Å². The highest BCUT2D eigenvalue weighted by molar-refractivity contribution is 7.89. The third-order valence-electron chi connectivity index (χ3n) is 5.55. The molecular weight excluding hydrogens is 433 g/mol. The molecule has 1 saturated heterocycles. The van der Waals surface area contributed by atoms with Gasteiger partial charge in [-0.25, -0.2) is 21.6 Å². The van der Waals surface area contributed by atoms with Crippen molar-refractivity contribution in [2.24, 2.45) is 5.41 Å². The lowest BCUT2D eigenvalue weighted by atomic mass is 9.83. The van der Waals surface area contributed by atoms with Crippen molar-refractivity contribution >= 4 is 21.6 Å². The highest BCUT2D eigenvalue weighted by atomic mass is 32.2. The summed E-state index contributed by atoms with van der Waals surface area (Å²) in [5, 5.41) is 12.5. The van der Waals surface area contributed by atoms with Gasteiger partial charge in [0, 0.05) is 30.4 Å². The number of hydrogen-bond acceptors (Lipinski definition) is 4. The van der Waals surface area contributed by atoms with Crippen molar-refractivity contribution in [2.75, 3.05) is 18.4 Å². The van der Waals surface area contributed by atoms with Gasteiger partial charge in [-0.2, -0.15) is 4.31 Å². The lowest BCUT2D eigenvalue weighted by Crippen LogP contribution is -2.33. The van der Waals surface area contributed by atoms with Gasteiger partial charge >= 0.3 is 0 Å². The van der Waals surface area contributed by atoms with E-state index in [1.165, 1.54) is 0 Å². The summed E-state index contributed by atoms with van der Waals surface area (Å²) in [4.78, 5) is 11.8. The molecule has 168 valence electrons. The quantitative estimate of drug-likeness (QED) is 0.737. The maximum atomic E-state index is 14.5. The predicted molar refractivity (Wildman–Crippen MR) is 108 cm³/mol. The van der Waals surface area contributed by atoms with Gasteiger partial charge in [0.2, 0.25) is 10.0 Å². The number of aliphatic hydroxyl groups excluding tert-OH is 1. The molecule has 0 aromatic heterocycles. The zero-order valence-corrected chi connectivity index (χ0v) is 17.8.